The zero-order valence-electron chi connectivity index (χ0n) is 12.6. The summed E-state index contributed by atoms with van der Waals surface area (Å²) in [5.41, 5.74) is 2.02. The zero-order chi connectivity index (χ0) is 14.5. The van der Waals surface area contributed by atoms with Crippen molar-refractivity contribution in [3.63, 3.8) is 0 Å². The molecule has 0 spiro atoms. The average molecular weight is 282 g/mol. The van der Waals surface area contributed by atoms with Gasteiger partial charge in [-0.3, -0.25) is 4.98 Å². The summed E-state index contributed by atoms with van der Waals surface area (Å²) in [7, 11) is 1.67. The van der Waals surface area contributed by atoms with Crippen LogP contribution in [-0.2, 0) is 27.4 Å². The Morgan fingerprint density at radius 1 is 1.05 bits per heavy atom. The quantitative estimate of drug-likeness (QED) is 0.592. The van der Waals surface area contributed by atoms with Gasteiger partial charge in [0.2, 0.25) is 0 Å². The number of nitrogens with one attached hydrogen (secondary N) is 1. The highest BCUT2D eigenvalue weighted by molar-refractivity contribution is 5.10. The summed E-state index contributed by atoms with van der Waals surface area (Å²) >= 11 is 0. The van der Waals surface area contributed by atoms with Gasteiger partial charge >= 0.3 is 0 Å². The highest BCUT2D eigenvalue weighted by Crippen LogP contribution is 2.01. The lowest BCUT2D eigenvalue weighted by molar-refractivity contribution is 0.0478. The number of aromatic nitrogens is 1. The fourth-order valence-electron chi connectivity index (χ4n) is 1.65. The third kappa shape index (κ3) is 8.22. The summed E-state index contributed by atoms with van der Waals surface area (Å²) in [5, 5.41) is 3.26. The normalized spacial score (nSPS) is 10.9. The number of ether oxygens (including phenoxy) is 3. The fraction of sp³-hybridized carbons (Fsp3) is 0.667. The largest absolute Gasteiger partial charge is 0.382 e. The summed E-state index contributed by atoms with van der Waals surface area (Å²) in [6.45, 7) is 7.07. The molecule has 0 atom stereocenters. The Labute approximate surface area is 121 Å². The Morgan fingerprint density at radius 3 is 2.65 bits per heavy atom. The molecule has 5 nitrogen and oxygen atoms in total. The SMILES string of the molecule is CCNCc1cccc(COCCCOCCOC)n1. The van der Waals surface area contributed by atoms with Gasteiger partial charge < -0.3 is 19.5 Å². The van der Waals surface area contributed by atoms with E-state index in [2.05, 4.69) is 17.2 Å². The molecule has 1 heterocycles. The molecular weight excluding hydrogens is 256 g/mol. The number of nitrogens with zero attached hydrogens (tertiary/aromatic N) is 1. The molecule has 0 fully saturated rings. The lowest BCUT2D eigenvalue weighted by atomic mass is 10.3. The Balaban J connectivity index is 2.09. The van der Waals surface area contributed by atoms with Crippen LogP contribution in [0.25, 0.3) is 0 Å². The molecule has 0 aliphatic carbocycles. The Morgan fingerprint density at radius 2 is 1.85 bits per heavy atom. The van der Waals surface area contributed by atoms with Crippen LogP contribution in [0.1, 0.15) is 24.7 Å². The maximum Gasteiger partial charge on any atom is 0.0887 e. The van der Waals surface area contributed by atoms with Crippen LogP contribution in [0.3, 0.4) is 0 Å². The molecule has 0 bridgehead atoms. The first-order valence-electron chi connectivity index (χ1n) is 7.16. The van der Waals surface area contributed by atoms with Crippen LogP contribution in [0.2, 0.25) is 0 Å². The van der Waals surface area contributed by atoms with E-state index in [1.54, 1.807) is 7.11 Å². The second kappa shape index (κ2) is 11.8. The van der Waals surface area contributed by atoms with Crippen LogP contribution >= 0.6 is 0 Å². The van der Waals surface area contributed by atoms with E-state index in [-0.39, 0.29) is 0 Å². The Kier molecular flexibility index (Phi) is 10.0. The van der Waals surface area contributed by atoms with Gasteiger partial charge in [-0.05, 0) is 25.1 Å². The minimum absolute atomic E-state index is 0.554. The zero-order valence-corrected chi connectivity index (χ0v) is 12.6. The van der Waals surface area contributed by atoms with E-state index in [0.717, 1.165) is 30.9 Å². The Bertz CT molecular complexity index is 348. The van der Waals surface area contributed by atoms with Crippen LogP contribution < -0.4 is 5.32 Å². The molecule has 0 saturated carbocycles. The van der Waals surface area contributed by atoms with Crippen molar-refractivity contribution in [1.29, 1.82) is 0 Å². The van der Waals surface area contributed by atoms with Crippen molar-refractivity contribution in [1.82, 2.24) is 10.3 Å². The molecule has 0 amide bonds. The minimum Gasteiger partial charge on any atom is -0.382 e. The molecule has 0 saturated heterocycles. The highest BCUT2D eigenvalue weighted by Gasteiger charge is 1.98. The molecule has 0 radical (unpaired) electrons. The van der Waals surface area contributed by atoms with Crippen molar-refractivity contribution < 1.29 is 14.2 Å². The maximum absolute atomic E-state index is 5.59. The second-order valence-electron chi connectivity index (χ2n) is 4.41. The fourth-order valence-corrected chi connectivity index (χ4v) is 1.65. The summed E-state index contributed by atoms with van der Waals surface area (Å²) < 4.78 is 15.8. The molecule has 1 rings (SSSR count). The molecule has 20 heavy (non-hydrogen) atoms. The lowest BCUT2D eigenvalue weighted by Gasteiger charge is -2.07. The van der Waals surface area contributed by atoms with Gasteiger partial charge in [0.15, 0.2) is 0 Å². The summed E-state index contributed by atoms with van der Waals surface area (Å²) in [5.74, 6) is 0. The van der Waals surface area contributed by atoms with E-state index in [4.69, 9.17) is 14.2 Å². The van der Waals surface area contributed by atoms with E-state index in [9.17, 15) is 0 Å². The van der Waals surface area contributed by atoms with Gasteiger partial charge in [0, 0.05) is 26.9 Å². The van der Waals surface area contributed by atoms with Gasteiger partial charge in [-0.1, -0.05) is 13.0 Å². The number of pyridine rings is 1. The highest BCUT2D eigenvalue weighted by atomic mass is 16.5. The molecular formula is C15H26N2O3. The Hall–Kier alpha value is -1.01. The van der Waals surface area contributed by atoms with Crippen LogP contribution in [0.5, 0.6) is 0 Å². The van der Waals surface area contributed by atoms with Crippen LogP contribution in [0.4, 0.5) is 0 Å². The predicted octanol–water partition coefficient (Wildman–Crippen LogP) is 1.76. The van der Waals surface area contributed by atoms with Crippen LogP contribution in [-0.4, -0.2) is 45.1 Å². The molecule has 5 heteroatoms. The average Bonchev–Trinajstić information content (AvgIpc) is 2.48. The van der Waals surface area contributed by atoms with Crippen molar-refractivity contribution >= 4 is 0 Å². The molecule has 0 aliphatic heterocycles. The van der Waals surface area contributed by atoms with Gasteiger partial charge in [0.05, 0.1) is 31.2 Å². The molecule has 0 unspecified atom stereocenters. The first kappa shape index (κ1) is 17.0. The number of rotatable bonds is 12. The minimum atomic E-state index is 0.554. The molecule has 0 aliphatic rings. The topological polar surface area (TPSA) is 52.6 Å². The van der Waals surface area contributed by atoms with Crippen molar-refractivity contribution in [2.45, 2.75) is 26.5 Å². The van der Waals surface area contributed by atoms with Crippen molar-refractivity contribution in [2.75, 3.05) is 40.1 Å². The first-order chi connectivity index (χ1) is 9.86. The lowest BCUT2D eigenvalue weighted by Crippen LogP contribution is -2.13. The van der Waals surface area contributed by atoms with Crippen molar-refractivity contribution in [3.05, 3.63) is 29.6 Å². The monoisotopic (exact) mass is 282 g/mol. The third-order valence-corrected chi connectivity index (χ3v) is 2.68. The molecule has 1 N–H and O–H groups in total. The van der Waals surface area contributed by atoms with E-state index in [0.29, 0.717) is 33.0 Å². The summed E-state index contributed by atoms with van der Waals surface area (Å²) in [6, 6.07) is 6.03. The van der Waals surface area contributed by atoms with Crippen molar-refractivity contribution in [3.8, 4) is 0 Å². The van der Waals surface area contributed by atoms with Gasteiger partial charge in [-0.2, -0.15) is 0 Å². The van der Waals surface area contributed by atoms with Gasteiger partial charge in [0.1, 0.15) is 0 Å². The predicted molar refractivity (Wildman–Crippen MR) is 78.6 cm³/mol. The molecule has 1 aromatic heterocycles. The van der Waals surface area contributed by atoms with E-state index in [1.807, 2.05) is 18.2 Å². The summed E-state index contributed by atoms with van der Waals surface area (Å²) in [4.78, 5) is 4.53. The van der Waals surface area contributed by atoms with Gasteiger partial charge in [-0.15, -0.1) is 0 Å². The van der Waals surface area contributed by atoms with E-state index >= 15 is 0 Å². The van der Waals surface area contributed by atoms with E-state index < -0.39 is 0 Å². The standard InChI is InChI=1S/C15H26N2O3/c1-3-16-12-14-6-4-7-15(17-14)13-20-9-5-8-19-11-10-18-2/h4,6-7,16H,3,5,8-13H2,1-2H3. The smallest absolute Gasteiger partial charge is 0.0887 e. The maximum atomic E-state index is 5.59. The molecule has 1 aromatic rings. The molecule has 0 aromatic carbocycles. The molecule has 114 valence electrons. The van der Waals surface area contributed by atoms with Gasteiger partial charge in [0.25, 0.3) is 0 Å². The van der Waals surface area contributed by atoms with Crippen LogP contribution in [0, 0.1) is 0 Å². The number of methoxy groups -OCH3 is 1. The van der Waals surface area contributed by atoms with Crippen molar-refractivity contribution in [2.24, 2.45) is 0 Å². The second-order valence-corrected chi connectivity index (χ2v) is 4.41. The first-order valence-corrected chi connectivity index (χ1v) is 7.16. The van der Waals surface area contributed by atoms with Gasteiger partial charge in [-0.25, -0.2) is 0 Å². The van der Waals surface area contributed by atoms with Crippen LogP contribution in [0.15, 0.2) is 18.2 Å². The number of hydrogen-bond acceptors (Lipinski definition) is 5. The summed E-state index contributed by atoms with van der Waals surface area (Å²) in [6.07, 6.45) is 0.890. The third-order valence-electron chi connectivity index (χ3n) is 2.68. The van der Waals surface area contributed by atoms with E-state index in [1.165, 1.54) is 0 Å². The number of hydrogen-bond donors (Lipinski definition) is 1.